The van der Waals surface area contributed by atoms with Crippen LogP contribution in [-0.4, -0.2) is 11.1 Å². The standard InChI is InChI=1S/2C10H8.C2H4O2.C2H6/c2*1-2-6-10-8-4-3-7-9(10)5-1;1-2(3)4;1-2/h2*1-8H;1H3,(H,3,4);1-2H3. The fourth-order valence-corrected chi connectivity index (χ4v) is 2.27. The summed E-state index contributed by atoms with van der Waals surface area (Å²) in [5.41, 5.74) is 0. The van der Waals surface area contributed by atoms with Crippen LogP contribution in [0.2, 0.25) is 0 Å². The third-order valence-electron chi connectivity index (χ3n) is 3.32. The molecular formula is C24H26O2. The minimum atomic E-state index is -0.833. The van der Waals surface area contributed by atoms with Gasteiger partial charge in [-0.25, -0.2) is 0 Å². The molecule has 0 fully saturated rings. The molecule has 0 saturated heterocycles. The van der Waals surface area contributed by atoms with Crippen molar-refractivity contribution in [1.82, 2.24) is 0 Å². The number of aliphatic carboxylic acids is 1. The quantitative estimate of drug-likeness (QED) is 0.380. The minimum Gasteiger partial charge on any atom is -0.481 e. The lowest BCUT2D eigenvalue weighted by atomic mass is 10.1. The van der Waals surface area contributed by atoms with E-state index in [9.17, 15) is 0 Å². The number of carbonyl (C=O) groups is 1. The second kappa shape index (κ2) is 12.3. The van der Waals surface area contributed by atoms with E-state index in [1.165, 1.54) is 21.5 Å². The van der Waals surface area contributed by atoms with Gasteiger partial charge in [0.2, 0.25) is 0 Å². The van der Waals surface area contributed by atoms with E-state index in [-0.39, 0.29) is 0 Å². The highest BCUT2D eigenvalue weighted by Gasteiger charge is 1.86. The molecule has 0 aliphatic heterocycles. The molecule has 0 aromatic heterocycles. The molecule has 0 spiro atoms. The average Bonchev–Trinajstić information content (AvgIpc) is 2.70. The Morgan fingerprint density at radius 1 is 0.538 bits per heavy atom. The molecule has 0 aliphatic carbocycles. The van der Waals surface area contributed by atoms with E-state index in [2.05, 4.69) is 97.1 Å². The third kappa shape index (κ3) is 7.63. The average molecular weight is 346 g/mol. The van der Waals surface area contributed by atoms with Crippen LogP contribution in [0.5, 0.6) is 0 Å². The summed E-state index contributed by atoms with van der Waals surface area (Å²) >= 11 is 0. The molecule has 0 unspecified atom stereocenters. The zero-order valence-corrected chi connectivity index (χ0v) is 15.6. The van der Waals surface area contributed by atoms with Gasteiger partial charge in [0.1, 0.15) is 0 Å². The van der Waals surface area contributed by atoms with Crippen molar-refractivity contribution in [2.75, 3.05) is 0 Å². The first-order chi connectivity index (χ1) is 12.7. The van der Waals surface area contributed by atoms with Gasteiger partial charge in [0.05, 0.1) is 0 Å². The first-order valence-electron chi connectivity index (χ1n) is 8.74. The van der Waals surface area contributed by atoms with Crippen molar-refractivity contribution < 1.29 is 9.90 Å². The van der Waals surface area contributed by atoms with Crippen molar-refractivity contribution in [2.24, 2.45) is 0 Å². The third-order valence-corrected chi connectivity index (χ3v) is 3.32. The summed E-state index contributed by atoms with van der Waals surface area (Å²) < 4.78 is 0. The molecule has 0 aliphatic rings. The van der Waals surface area contributed by atoms with Crippen molar-refractivity contribution in [1.29, 1.82) is 0 Å². The fourth-order valence-electron chi connectivity index (χ4n) is 2.27. The zero-order valence-electron chi connectivity index (χ0n) is 15.6. The van der Waals surface area contributed by atoms with Crippen LogP contribution < -0.4 is 0 Å². The molecule has 0 heterocycles. The molecule has 4 aromatic rings. The maximum Gasteiger partial charge on any atom is 0.300 e. The molecule has 26 heavy (non-hydrogen) atoms. The van der Waals surface area contributed by atoms with Crippen LogP contribution in [0, 0.1) is 0 Å². The van der Waals surface area contributed by atoms with E-state index < -0.39 is 5.97 Å². The first-order valence-corrected chi connectivity index (χ1v) is 8.74. The first kappa shape index (κ1) is 20.9. The molecule has 0 saturated carbocycles. The Balaban J connectivity index is 0.000000202. The van der Waals surface area contributed by atoms with Crippen molar-refractivity contribution in [2.45, 2.75) is 20.8 Å². The van der Waals surface area contributed by atoms with Gasteiger partial charge in [0.15, 0.2) is 0 Å². The topological polar surface area (TPSA) is 37.3 Å². The van der Waals surface area contributed by atoms with Crippen molar-refractivity contribution in [3.8, 4) is 0 Å². The summed E-state index contributed by atoms with van der Waals surface area (Å²) in [6, 6.07) is 33.4. The van der Waals surface area contributed by atoms with E-state index in [1.807, 2.05) is 13.8 Å². The highest BCUT2D eigenvalue weighted by atomic mass is 16.4. The zero-order chi connectivity index (χ0) is 19.2. The number of hydrogen-bond acceptors (Lipinski definition) is 1. The van der Waals surface area contributed by atoms with E-state index in [0.717, 1.165) is 6.92 Å². The Morgan fingerprint density at radius 3 is 0.769 bits per heavy atom. The highest BCUT2D eigenvalue weighted by Crippen LogP contribution is 2.11. The van der Waals surface area contributed by atoms with E-state index in [4.69, 9.17) is 9.90 Å². The molecule has 0 bridgehead atoms. The number of benzene rings is 4. The van der Waals surface area contributed by atoms with Crippen LogP contribution >= 0.6 is 0 Å². The highest BCUT2D eigenvalue weighted by molar-refractivity contribution is 5.82. The van der Waals surface area contributed by atoms with Gasteiger partial charge in [-0.05, 0) is 21.5 Å². The molecule has 2 nitrogen and oxygen atoms in total. The molecule has 0 amide bonds. The van der Waals surface area contributed by atoms with Crippen molar-refractivity contribution >= 4 is 27.5 Å². The molecule has 2 heteroatoms. The number of carboxylic acid groups (broad SMARTS) is 1. The smallest absolute Gasteiger partial charge is 0.300 e. The molecule has 4 aromatic carbocycles. The lowest BCUT2D eigenvalue weighted by Gasteiger charge is -1.92. The number of rotatable bonds is 0. The van der Waals surface area contributed by atoms with Crippen LogP contribution in [0.1, 0.15) is 20.8 Å². The fraction of sp³-hybridized carbons (Fsp3) is 0.125. The minimum absolute atomic E-state index is 0.833. The maximum absolute atomic E-state index is 9.00. The van der Waals surface area contributed by atoms with Gasteiger partial charge in [-0.1, -0.05) is 111 Å². The molecule has 0 radical (unpaired) electrons. The summed E-state index contributed by atoms with van der Waals surface area (Å²) in [4.78, 5) is 9.00. The lowest BCUT2D eigenvalue weighted by molar-refractivity contribution is -0.134. The van der Waals surface area contributed by atoms with Gasteiger partial charge in [0, 0.05) is 6.92 Å². The monoisotopic (exact) mass is 346 g/mol. The predicted octanol–water partition coefficient (Wildman–Crippen LogP) is 6.80. The van der Waals surface area contributed by atoms with Crippen LogP contribution in [0.3, 0.4) is 0 Å². The number of hydrogen-bond donors (Lipinski definition) is 1. The Bertz CT molecular complexity index is 707. The predicted molar refractivity (Wildman–Crippen MR) is 113 cm³/mol. The summed E-state index contributed by atoms with van der Waals surface area (Å²) in [6.07, 6.45) is 0. The Kier molecular flexibility index (Phi) is 9.86. The van der Waals surface area contributed by atoms with E-state index >= 15 is 0 Å². The molecule has 4 rings (SSSR count). The normalized spacial score (nSPS) is 8.88. The largest absolute Gasteiger partial charge is 0.481 e. The van der Waals surface area contributed by atoms with Gasteiger partial charge in [-0.3, -0.25) is 4.79 Å². The summed E-state index contributed by atoms with van der Waals surface area (Å²) in [7, 11) is 0. The van der Waals surface area contributed by atoms with Crippen LogP contribution in [0.15, 0.2) is 97.1 Å². The van der Waals surface area contributed by atoms with Gasteiger partial charge in [-0.15, -0.1) is 0 Å². The van der Waals surface area contributed by atoms with E-state index in [0.29, 0.717) is 0 Å². The van der Waals surface area contributed by atoms with Gasteiger partial charge in [0.25, 0.3) is 5.97 Å². The Hall–Kier alpha value is -3.13. The molecular weight excluding hydrogens is 320 g/mol. The van der Waals surface area contributed by atoms with Gasteiger partial charge >= 0.3 is 0 Å². The summed E-state index contributed by atoms with van der Waals surface area (Å²) in [5, 5.41) is 12.7. The summed E-state index contributed by atoms with van der Waals surface area (Å²) in [6.45, 7) is 5.08. The van der Waals surface area contributed by atoms with Crippen LogP contribution in [-0.2, 0) is 4.79 Å². The van der Waals surface area contributed by atoms with Crippen LogP contribution in [0.25, 0.3) is 21.5 Å². The van der Waals surface area contributed by atoms with Crippen LogP contribution in [0.4, 0.5) is 0 Å². The number of carboxylic acids is 1. The SMILES string of the molecule is CC.CC(=O)O.c1ccc2ccccc2c1.c1ccc2ccccc2c1. The Labute approximate surface area is 155 Å². The van der Waals surface area contributed by atoms with Crippen molar-refractivity contribution in [3.05, 3.63) is 97.1 Å². The number of fused-ring (bicyclic) bond motifs is 2. The molecule has 0 atom stereocenters. The lowest BCUT2D eigenvalue weighted by Crippen LogP contribution is -1.78. The van der Waals surface area contributed by atoms with Gasteiger partial charge in [-0.2, -0.15) is 0 Å². The van der Waals surface area contributed by atoms with Crippen molar-refractivity contribution in [3.63, 3.8) is 0 Å². The molecule has 1 N–H and O–H groups in total. The second-order valence-corrected chi connectivity index (χ2v) is 5.21. The molecule has 134 valence electrons. The second-order valence-electron chi connectivity index (χ2n) is 5.21. The summed E-state index contributed by atoms with van der Waals surface area (Å²) in [5.74, 6) is -0.833. The maximum atomic E-state index is 9.00. The Morgan fingerprint density at radius 2 is 0.654 bits per heavy atom. The van der Waals surface area contributed by atoms with Gasteiger partial charge < -0.3 is 5.11 Å². The van der Waals surface area contributed by atoms with E-state index in [1.54, 1.807) is 0 Å².